The Hall–Kier alpha value is -0.890. The van der Waals surface area contributed by atoms with E-state index in [2.05, 4.69) is 4.72 Å². The van der Waals surface area contributed by atoms with Gasteiger partial charge in [0.1, 0.15) is 5.76 Å². The zero-order chi connectivity index (χ0) is 12.9. The van der Waals surface area contributed by atoms with Crippen molar-refractivity contribution in [2.45, 2.75) is 18.1 Å². The van der Waals surface area contributed by atoms with Crippen molar-refractivity contribution >= 4 is 10.0 Å². The second-order valence-corrected chi connectivity index (χ2v) is 5.68. The van der Waals surface area contributed by atoms with Crippen molar-refractivity contribution in [3.05, 3.63) is 17.9 Å². The molecule has 0 aliphatic heterocycles. The fourth-order valence-corrected chi connectivity index (χ4v) is 2.30. The third-order valence-corrected chi connectivity index (χ3v) is 3.51. The van der Waals surface area contributed by atoms with Gasteiger partial charge in [-0.3, -0.25) is 0 Å². The minimum Gasteiger partial charge on any atom is -0.447 e. The molecular formula is C10H19N3O3S. The van der Waals surface area contributed by atoms with E-state index in [-0.39, 0.29) is 11.6 Å². The Kier molecular flexibility index (Phi) is 5.13. The van der Waals surface area contributed by atoms with Gasteiger partial charge in [0.25, 0.3) is 10.0 Å². The number of hydrogen-bond donors (Lipinski definition) is 2. The van der Waals surface area contributed by atoms with Gasteiger partial charge in [-0.15, -0.1) is 0 Å². The van der Waals surface area contributed by atoms with Gasteiger partial charge in [-0.05, 0) is 39.2 Å². The lowest BCUT2D eigenvalue weighted by Gasteiger charge is -2.09. The number of nitrogens with two attached hydrogens (primary N) is 1. The van der Waals surface area contributed by atoms with Crippen molar-refractivity contribution in [3.8, 4) is 0 Å². The van der Waals surface area contributed by atoms with Crippen molar-refractivity contribution < 1.29 is 12.8 Å². The van der Waals surface area contributed by atoms with Gasteiger partial charge >= 0.3 is 0 Å². The molecule has 17 heavy (non-hydrogen) atoms. The van der Waals surface area contributed by atoms with Gasteiger partial charge < -0.3 is 15.1 Å². The minimum atomic E-state index is -3.54. The molecule has 0 spiro atoms. The summed E-state index contributed by atoms with van der Waals surface area (Å²) in [5.41, 5.74) is 5.35. The molecule has 0 bridgehead atoms. The minimum absolute atomic E-state index is 0.0807. The molecule has 3 N–H and O–H groups in total. The lowest BCUT2D eigenvalue weighted by molar-refractivity contribution is 0.395. The van der Waals surface area contributed by atoms with Crippen molar-refractivity contribution in [2.24, 2.45) is 5.73 Å². The molecule has 0 saturated carbocycles. The van der Waals surface area contributed by atoms with Crippen LogP contribution in [0.25, 0.3) is 0 Å². The van der Waals surface area contributed by atoms with Crippen molar-refractivity contribution in [3.63, 3.8) is 0 Å². The zero-order valence-electron chi connectivity index (χ0n) is 10.1. The number of nitrogens with one attached hydrogen (secondary N) is 1. The molecule has 1 heterocycles. The van der Waals surface area contributed by atoms with Crippen LogP contribution in [0.4, 0.5) is 0 Å². The molecule has 0 aliphatic carbocycles. The third kappa shape index (κ3) is 4.47. The first kappa shape index (κ1) is 14.2. The molecular weight excluding hydrogens is 242 g/mol. The van der Waals surface area contributed by atoms with Crippen LogP contribution in [0.3, 0.4) is 0 Å². The fraction of sp³-hybridized carbons (Fsp3) is 0.600. The highest BCUT2D eigenvalue weighted by molar-refractivity contribution is 7.89. The Balaban J connectivity index is 2.51. The van der Waals surface area contributed by atoms with Crippen LogP contribution in [0.2, 0.25) is 0 Å². The van der Waals surface area contributed by atoms with E-state index in [4.69, 9.17) is 10.2 Å². The Morgan fingerprint density at radius 3 is 2.65 bits per heavy atom. The molecule has 0 amide bonds. The predicted octanol–water partition coefficient (Wildman–Crippen LogP) is -0.0317. The van der Waals surface area contributed by atoms with Crippen LogP contribution in [-0.4, -0.2) is 40.5 Å². The van der Waals surface area contributed by atoms with Crippen LogP contribution in [-0.2, 0) is 16.6 Å². The molecule has 6 nitrogen and oxygen atoms in total. The molecule has 0 aromatic carbocycles. The van der Waals surface area contributed by atoms with Crippen LogP contribution in [0.5, 0.6) is 0 Å². The highest BCUT2D eigenvalue weighted by atomic mass is 32.2. The first-order valence-electron chi connectivity index (χ1n) is 5.39. The topological polar surface area (TPSA) is 88.6 Å². The average Bonchev–Trinajstić information content (AvgIpc) is 2.73. The summed E-state index contributed by atoms with van der Waals surface area (Å²) >= 11 is 0. The van der Waals surface area contributed by atoms with E-state index in [1.165, 1.54) is 6.07 Å². The van der Waals surface area contributed by atoms with Gasteiger partial charge in [0.15, 0.2) is 0 Å². The Morgan fingerprint density at radius 2 is 2.12 bits per heavy atom. The summed E-state index contributed by atoms with van der Waals surface area (Å²) in [6.07, 6.45) is 0.747. The molecule has 0 atom stereocenters. The zero-order valence-corrected chi connectivity index (χ0v) is 11.0. The molecule has 0 fully saturated rings. The largest absolute Gasteiger partial charge is 0.447 e. The maximum Gasteiger partial charge on any atom is 0.273 e. The Morgan fingerprint density at radius 1 is 1.41 bits per heavy atom. The van der Waals surface area contributed by atoms with Crippen LogP contribution >= 0.6 is 0 Å². The second kappa shape index (κ2) is 6.15. The molecule has 0 saturated heterocycles. The maximum atomic E-state index is 11.7. The average molecular weight is 261 g/mol. The molecule has 0 unspecified atom stereocenters. The van der Waals surface area contributed by atoms with E-state index >= 15 is 0 Å². The van der Waals surface area contributed by atoms with Crippen LogP contribution in [0.15, 0.2) is 21.6 Å². The molecule has 1 rings (SSSR count). The first-order chi connectivity index (χ1) is 7.95. The van der Waals surface area contributed by atoms with Crippen molar-refractivity contribution in [1.82, 2.24) is 9.62 Å². The smallest absolute Gasteiger partial charge is 0.273 e. The standard InChI is InChI=1S/C10H19N3O3S/c1-13(2)7-3-6-12-17(14,15)10-5-4-9(8-11)16-10/h4-5,12H,3,6-8,11H2,1-2H3. The SMILES string of the molecule is CN(C)CCCNS(=O)(=O)c1ccc(CN)o1. The van der Waals surface area contributed by atoms with E-state index in [0.29, 0.717) is 12.3 Å². The van der Waals surface area contributed by atoms with Gasteiger partial charge in [-0.1, -0.05) is 0 Å². The highest BCUT2D eigenvalue weighted by Crippen LogP contribution is 2.12. The highest BCUT2D eigenvalue weighted by Gasteiger charge is 2.17. The van der Waals surface area contributed by atoms with Crippen molar-refractivity contribution in [2.75, 3.05) is 27.2 Å². The summed E-state index contributed by atoms with van der Waals surface area (Å²) in [6, 6.07) is 2.98. The van der Waals surface area contributed by atoms with Gasteiger partial charge in [0.05, 0.1) is 6.54 Å². The van der Waals surface area contributed by atoms with Gasteiger partial charge in [0, 0.05) is 6.54 Å². The van der Waals surface area contributed by atoms with E-state index in [0.717, 1.165) is 13.0 Å². The number of sulfonamides is 1. The summed E-state index contributed by atoms with van der Waals surface area (Å²) in [6.45, 7) is 1.41. The maximum absolute atomic E-state index is 11.7. The quantitative estimate of drug-likeness (QED) is 0.673. The van der Waals surface area contributed by atoms with Gasteiger partial charge in [0.2, 0.25) is 5.09 Å². The lowest BCUT2D eigenvalue weighted by Crippen LogP contribution is -2.27. The Labute approximate surface area is 102 Å². The fourth-order valence-electron chi connectivity index (χ4n) is 1.29. The molecule has 98 valence electrons. The van der Waals surface area contributed by atoms with Crippen LogP contribution in [0, 0.1) is 0 Å². The predicted molar refractivity (Wildman–Crippen MR) is 65.0 cm³/mol. The second-order valence-electron chi connectivity index (χ2n) is 3.98. The van der Waals surface area contributed by atoms with E-state index in [1.54, 1.807) is 6.07 Å². The summed E-state index contributed by atoms with van der Waals surface area (Å²) < 4.78 is 31.1. The van der Waals surface area contributed by atoms with Gasteiger partial charge in [-0.2, -0.15) is 0 Å². The van der Waals surface area contributed by atoms with Crippen LogP contribution in [0.1, 0.15) is 12.2 Å². The Bertz CT molecular complexity index is 439. The lowest BCUT2D eigenvalue weighted by atomic mass is 10.4. The molecule has 7 heteroatoms. The first-order valence-corrected chi connectivity index (χ1v) is 6.87. The van der Waals surface area contributed by atoms with E-state index < -0.39 is 10.0 Å². The van der Waals surface area contributed by atoms with Crippen LogP contribution < -0.4 is 10.5 Å². The summed E-state index contributed by atoms with van der Waals surface area (Å²) in [5.74, 6) is 0.457. The van der Waals surface area contributed by atoms with Gasteiger partial charge in [-0.25, -0.2) is 13.1 Å². The number of rotatable bonds is 7. The normalized spacial score (nSPS) is 12.2. The number of furan rings is 1. The molecule has 0 radical (unpaired) electrons. The van der Waals surface area contributed by atoms with E-state index in [1.807, 2.05) is 19.0 Å². The van der Waals surface area contributed by atoms with E-state index in [9.17, 15) is 8.42 Å². The number of hydrogen-bond acceptors (Lipinski definition) is 5. The summed E-state index contributed by atoms with van der Waals surface area (Å²) in [7, 11) is 0.340. The van der Waals surface area contributed by atoms with Crippen molar-refractivity contribution in [1.29, 1.82) is 0 Å². The molecule has 1 aromatic rings. The molecule has 0 aliphatic rings. The summed E-state index contributed by atoms with van der Waals surface area (Å²) in [4.78, 5) is 1.99. The monoisotopic (exact) mass is 261 g/mol. The third-order valence-electron chi connectivity index (χ3n) is 2.18. The summed E-state index contributed by atoms with van der Waals surface area (Å²) in [5, 5.41) is -0.0807. The number of nitrogens with zero attached hydrogens (tertiary/aromatic N) is 1. The molecule has 1 aromatic heterocycles.